The molecule has 19 heavy (non-hydrogen) atoms. The van der Waals surface area contributed by atoms with Gasteiger partial charge in [0.05, 0.1) is 11.1 Å². The summed E-state index contributed by atoms with van der Waals surface area (Å²) in [5, 5.41) is 2.03. The lowest BCUT2D eigenvalue weighted by molar-refractivity contribution is 0.484. The number of pyridine rings is 1. The number of hydrogen-bond donors (Lipinski definition) is 1. The summed E-state index contributed by atoms with van der Waals surface area (Å²) in [5.41, 5.74) is 1.62. The van der Waals surface area contributed by atoms with Crippen LogP contribution in [0.5, 0.6) is 11.5 Å². The molecule has 0 aliphatic rings. The fourth-order valence-corrected chi connectivity index (χ4v) is 2.18. The molecule has 0 spiro atoms. The van der Waals surface area contributed by atoms with Crippen molar-refractivity contribution in [3.63, 3.8) is 0 Å². The first-order valence-electron chi connectivity index (χ1n) is 5.72. The molecule has 0 unspecified atom stereocenters. The van der Waals surface area contributed by atoms with Crippen LogP contribution in [0.1, 0.15) is 5.69 Å². The third-order valence-electron chi connectivity index (χ3n) is 2.79. The molecule has 1 aromatic carbocycles. The maximum atomic E-state index is 5.88. The van der Waals surface area contributed by atoms with E-state index in [1.54, 1.807) is 18.2 Å². The molecule has 0 fully saturated rings. The highest BCUT2D eigenvalue weighted by Gasteiger charge is 2.12. The Kier molecular flexibility index (Phi) is 3.09. The summed E-state index contributed by atoms with van der Waals surface area (Å²) in [5.74, 6) is 1.48. The van der Waals surface area contributed by atoms with Crippen molar-refractivity contribution in [3.8, 4) is 11.5 Å². The average Bonchev–Trinajstić information content (AvgIpc) is 2.68. The van der Waals surface area contributed by atoms with Gasteiger partial charge in [0.2, 0.25) is 0 Å². The lowest BCUT2D eigenvalue weighted by Gasteiger charge is -2.05. The molecule has 96 valence electrons. The van der Waals surface area contributed by atoms with Gasteiger partial charge in [0.25, 0.3) is 0 Å². The van der Waals surface area contributed by atoms with Crippen molar-refractivity contribution in [2.24, 2.45) is 0 Å². The van der Waals surface area contributed by atoms with Gasteiger partial charge in [0, 0.05) is 5.02 Å². The van der Waals surface area contributed by atoms with Gasteiger partial charge in [0.15, 0.2) is 5.75 Å². The molecular weight excluding hydrogens is 283 g/mol. The van der Waals surface area contributed by atoms with Gasteiger partial charge in [-0.2, -0.15) is 0 Å². The lowest BCUT2D eigenvalue weighted by atomic mass is 10.3. The number of H-pyrrole nitrogens is 1. The first-order chi connectivity index (χ1) is 9.13. The first-order valence-corrected chi connectivity index (χ1v) is 6.47. The maximum absolute atomic E-state index is 5.88. The van der Waals surface area contributed by atoms with Crippen LogP contribution in [0.4, 0.5) is 0 Å². The number of aromatic nitrogens is 2. The van der Waals surface area contributed by atoms with Gasteiger partial charge in [-0.1, -0.05) is 23.2 Å². The molecular formula is C14H10Cl2N2O. The van der Waals surface area contributed by atoms with Crippen LogP contribution in [-0.2, 0) is 0 Å². The first kappa shape index (κ1) is 12.3. The van der Waals surface area contributed by atoms with Crippen LogP contribution in [-0.4, -0.2) is 9.97 Å². The van der Waals surface area contributed by atoms with Crippen LogP contribution in [0.15, 0.2) is 36.4 Å². The number of ether oxygens (including phenoxy) is 1. The van der Waals surface area contributed by atoms with Crippen molar-refractivity contribution < 1.29 is 4.74 Å². The van der Waals surface area contributed by atoms with E-state index in [1.807, 2.05) is 25.1 Å². The second-order valence-electron chi connectivity index (χ2n) is 4.17. The second kappa shape index (κ2) is 4.76. The van der Waals surface area contributed by atoms with E-state index in [2.05, 4.69) is 9.97 Å². The van der Waals surface area contributed by atoms with Gasteiger partial charge in [-0.15, -0.1) is 0 Å². The molecule has 0 radical (unpaired) electrons. The number of nitrogens with zero attached hydrogens (tertiary/aromatic N) is 1. The third-order valence-corrected chi connectivity index (χ3v) is 3.25. The van der Waals surface area contributed by atoms with E-state index in [0.29, 0.717) is 15.8 Å². The monoisotopic (exact) mass is 292 g/mol. The molecule has 0 amide bonds. The Morgan fingerprint density at radius 3 is 2.53 bits per heavy atom. The molecule has 2 aromatic heterocycles. The maximum Gasteiger partial charge on any atom is 0.157 e. The highest BCUT2D eigenvalue weighted by Crippen LogP contribution is 2.33. The quantitative estimate of drug-likeness (QED) is 0.677. The SMILES string of the molecule is Cc1[nH]c2nc(Cl)ccc2c1Oc1ccc(Cl)cc1. The molecule has 5 heteroatoms. The Morgan fingerprint density at radius 2 is 1.79 bits per heavy atom. The number of aromatic amines is 1. The molecule has 0 saturated carbocycles. The molecule has 1 N–H and O–H groups in total. The molecule has 0 bridgehead atoms. The number of fused-ring (bicyclic) bond motifs is 1. The number of hydrogen-bond acceptors (Lipinski definition) is 2. The summed E-state index contributed by atoms with van der Waals surface area (Å²) >= 11 is 11.7. The van der Waals surface area contributed by atoms with Gasteiger partial charge in [-0.25, -0.2) is 4.98 Å². The minimum atomic E-state index is 0.451. The van der Waals surface area contributed by atoms with Crippen LogP contribution < -0.4 is 4.74 Å². The van der Waals surface area contributed by atoms with E-state index < -0.39 is 0 Å². The summed E-state index contributed by atoms with van der Waals surface area (Å²) < 4.78 is 5.88. The van der Waals surface area contributed by atoms with Gasteiger partial charge >= 0.3 is 0 Å². The molecule has 0 atom stereocenters. The predicted molar refractivity (Wildman–Crippen MR) is 77.4 cm³/mol. The molecule has 2 heterocycles. The summed E-state index contributed by atoms with van der Waals surface area (Å²) in [7, 11) is 0. The molecule has 3 nitrogen and oxygen atoms in total. The number of halogens is 2. The standard InChI is InChI=1S/C14H10Cl2N2O/c1-8-13(19-10-4-2-9(15)3-5-10)11-6-7-12(16)18-14(11)17-8/h2-7H,1H3,(H,17,18). The van der Waals surface area contributed by atoms with Crippen LogP contribution in [0.25, 0.3) is 11.0 Å². The van der Waals surface area contributed by atoms with Crippen LogP contribution in [0.2, 0.25) is 10.2 Å². The van der Waals surface area contributed by atoms with E-state index in [9.17, 15) is 0 Å². The van der Waals surface area contributed by atoms with Crippen LogP contribution in [0.3, 0.4) is 0 Å². The highest BCUT2D eigenvalue weighted by molar-refractivity contribution is 6.30. The molecule has 0 aliphatic heterocycles. The van der Waals surface area contributed by atoms with Crippen molar-refractivity contribution in [1.82, 2.24) is 9.97 Å². The van der Waals surface area contributed by atoms with E-state index in [1.165, 1.54) is 0 Å². The van der Waals surface area contributed by atoms with E-state index in [-0.39, 0.29) is 0 Å². The minimum Gasteiger partial charge on any atom is -0.455 e. The topological polar surface area (TPSA) is 37.9 Å². The smallest absolute Gasteiger partial charge is 0.157 e. The molecule has 0 saturated heterocycles. The number of nitrogens with one attached hydrogen (secondary N) is 1. The molecule has 0 aliphatic carbocycles. The summed E-state index contributed by atoms with van der Waals surface area (Å²) in [6.07, 6.45) is 0. The number of benzene rings is 1. The lowest BCUT2D eigenvalue weighted by Crippen LogP contribution is -1.85. The third kappa shape index (κ3) is 2.39. The average molecular weight is 293 g/mol. The minimum absolute atomic E-state index is 0.451. The molecule has 3 aromatic rings. The highest BCUT2D eigenvalue weighted by atomic mass is 35.5. The second-order valence-corrected chi connectivity index (χ2v) is 4.99. The molecule has 3 rings (SSSR count). The fourth-order valence-electron chi connectivity index (χ4n) is 1.90. The van der Waals surface area contributed by atoms with E-state index in [0.717, 1.165) is 22.6 Å². The Labute approximate surface area is 120 Å². The normalized spacial score (nSPS) is 10.9. The van der Waals surface area contributed by atoms with Crippen molar-refractivity contribution in [2.75, 3.05) is 0 Å². The van der Waals surface area contributed by atoms with E-state index in [4.69, 9.17) is 27.9 Å². The Hall–Kier alpha value is -1.71. The Balaban J connectivity index is 2.05. The van der Waals surface area contributed by atoms with Crippen molar-refractivity contribution in [1.29, 1.82) is 0 Å². The van der Waals surface area contributed by atoms with Crippen LogP contribution in [0, 0.1) is 6.92 Å². The number of rotatable bonds is 2. The van der Waals surface area contributed by atoms with Gasteiger partial charge in [-0.05, 0) is 43.3 Å². The zero-order chi connectivity index (χ0) is 13.4. The van der Waals surface area contributed by atoms with Crippen molar-refractivity contribution in [3.05, 3.63) is 52.3 Å². The van der Waals surface area contributed by atoms with Crippen molar-refractivity contribution >= 4 is 34.2 Å². The summed E-state index contributed by atoms with van der Waals surface area (Å²) in [6.45, 7) is 1.93. The fraction of sp³-hybridized carbons (Fsp3) is 0.0714. The zero-order valence-electron chi connectivity index (χ0n) is 10.1. The van der Waals surface area contributed by atoms with Crippen molar-refractivity contribution in [2.45, 2.75) is 6.92 Å². The van der Waals surface area contributed by atoms with Gasteiger partial charge in [-0.3, -0.25) is 0 Å². The largest absolute Gasteiger partial charge is 0.455 e. The predicted octanol–water partition coefficient (Wildman–Crippen LogP) is 4.97. The number of aryl methyl sites for hydroxylation is 1. The zero-order valence-corrected chi connectivity index (χ0v) is 11.6. The van der Waals surface area contributed by atoms with Gasteiger partial charge in [0.1, 0.15) is 16.5 Å². The van der Waals surface area contributed by atoms with Gasteiger partial charge < -0.3 is 9.72 Å². The Bertz CT molecular complexity index is 735. The van der Waals surface area contributed by atoms with Crippen LogP contribution >= 0.6 is 23.2 Å². The summed E-state index contributed by atoms with van der Waals surface area (Å²) in [4.78, 5) is 7.37. The Morgan fingerprint density at radius 1 is 1.05 bits per heavy atom. The summed E-state index contributed by atoms with van der Waals surface area (Å²) in [6, 6.07) is 10.9. The van der Waals surface area contributed by atoms with E-state index >= 15 is 0 Å².